The molecule has 5 heteroatoms. The number of unbranched alkanes of at least 4 members (excludes halogenated alkanes) is 2. The number of para-hydroxylation sites is 2. The Morgan fingerprint density at radius 1 is 0.871 bits per heavy atom. The summed E-state index contributed by atoms with van der Waals surface area (Å²) in [5, 5.41) is 3.00. The van der Waals surface area contributed by atoms with Crippen LogP contribution in [0.2, 0.25) is 0 Å². The molecule has 0 radical (unpaired) electrons. The molecule has 1 N–H and O–H groups in total. The fraction of sp³-hybridized carbons (Fsp3) is 0.231. The zero-order valence-electron chi connectivity index (χ0n) is 17.4. The molecule has 4 rings (SSSR count). The summed E-state index contributed by atoms with van der Waals surface area (Å²) in [5.74, 6) is 1.12. The lowest BCUT2D eigenvalue weighted by atomic mass is 10.1. The fourth-order valence-electron chi connectivity index (χ4n) is 3.74. The predicted molar refractivity (Wildman–Crippen MR) is 129 cm³/mol. The van der Waals surface area contributed by atoms with Crippen LogP contribution in [-0.2, 0) is 13.0 Å². The molecule has 0 saturated carbocycles. The highest BCUT2D eigenvalue weighted by atomic mass is 79.9. The highest BCUT2D eigenvalue weighted by Crippen LogP contribution is 2.20. The number of carbonyl (C=O) groups excluding carboxylic acids is 1. The van der Waals surface area contributed by atoms with E-state index in [0.717, 1.165) is 48.0 Å². The van der Waals surface area contributed by atoms with Gasteiger partial charge in [0.2, 0.25) is 0 Å². The molecule has 4 aromatic rings. The molecule has 1 heterocycles. The lowest BCUT2D eigenvalue weighted by Crippen LogP contribution is -2.24. The highest BCUT2D eigenvalue weighted by Gasteiger charge is 2.11. The van der Waals surface area contributed by atoms with E-state index in [9.17, 15) is 4.79 Å². The molecule has 0 saturated heterocycles. The Balaban J connectivity index is 1.33. The maximum absolute atomic E-state index is 12.1. The summed E-state index contributed by atoms with van der Waals surface area (Å²) >= 11 is 3.51. The number of amides is 1. The van der Waals surface area contributed by atoms with Gasteiger partial charge in [-0.1, -0.05) is 64.8 Å². The number of carbonyl (C=O) groups is 1. The maximum atomic E-state index is 12.1. The maximum Gasteiger partial charge on any atom is 0.251 e. The monoisotopic (exact) mass is 475 g/mol. The number of rotatable bonds is 9. The van der Waals surface area contributed by atoms with Gasteiger partial charge in [-0.15, -0.1) is 0 Å². The molecule has 4 nitrogen and oxygen atoms in total. The normalized spacial score (nSPS) is 11.0. The summed E-state index contributed by atoms with van der Waals surface area (Å²) in [5.41, 5.74) is 4.20. The molecule has 0 unspecified atom stereocenters. The smallest absolute Gasteiger partial charge is 0.251 e. The van der Waals surface area contributed by atoms with Gasteiger partial charge in [0.05, 0.1) is 11.0 Å². The first-order valence-electron chi connectivity index (χ1n) is 10.7. The second-order valence-corrected chi connectivity index (χ2v) is 8.58. The summed E-state index contributed by atoms with van der Waals surface area (Å²) in [7, 11) is 0. The van der Waals surface area contributed by atoms with E-state index in [1.807, 2.05) is 36.4 Å². The molecule has 0 atom stereocenters. The van der Waals surface area contributed by atoms with Crippen molar-refractivity contribution in [1.82, 2.24) is 14.9 Å². The zero-order valence-corrected chi connectivity index (χ0v) is 19.0. The summed E-state index contributed by atoms with van der Waals surface area (Å²) in [6.45, 7) is 1.51. The Kier molecular flexibility index (Phi) is 7.15. The minimum atomic E-state index is -0.00288. The van der Waals surface area contributed by atoms with Crippen LogP contribution in [0.5, 0.6) is 0 Å². The number of hydrogen-bond acceptors (Lipinski definition) is 2. The second kappa shape index (κ2) is 10.4. The minimum absolute atomic E-state index is 0.00288. The lowest BCUT2D eigenvalue weighted by molar-refractivity contribution is 0.0953. The molecule has 0 aliphatic heterocycles. The number of imidazole rings is 1. The molecule has 1 aromatic heterocycles. The van der Waals surface area contributed by atoms with Crippen LogP contribution >= 0.6 is 15.9 Å². The van der Waals surface area contributed by atoms with E-state index < -0.39 is 0 Å². The van der Waals surface area contributed by atoms with Gasteiger partial charge in [-0.25, -0.2) is 4.98 Å². The molecule has 158 valence electrons. The molecule has 0 fully saturated rings. The van der Waals surface area contributed by atoms with Gasteiger partial charge in [0.1, 0.15) is 5.82 Å². The third kappa shape index (κ3) is 5.61. The van der Waals surface area contributed by atoms with Crippen molar-refractivity contribution in [2.24, 2.45) is 0 Å². The van der Waals surface area contributed by atoms with Crippen LogP contribution < -0.4 is 5.32 Å². The average Bonchev–Trinajstić information content (AvgIpc) is 3.15. The molecule has 0 aliphatic rings. The first kappa shape index (κ1) is 21.3. The summed E-state index contributed by atoms with van der Waals surface area (Å²) < 4.78 is 3.42. The number of nitrogens with zero attached hydrogens (tertiary/aromatic N) is 2. The first-order valence-corrected chi connectivity index (χ1v) is 11.5. The lowest BCUT2D eigenvalue weighted by Gasteiger charge is -2.10. The Hall–Kier alpha value is -2.92. The van der Waals surface area contributed by atoms with Crippen LogP contribution in [0.3, 0.4) is 0 Å². The SMILES string of the molecule is O=C(NCCCCCc1nc2ccccc2n1Cc1ccc(Br)cc1)c1ccccc1. The number of benzene rings is 3. The van der Waals surface area contributed by atoms with Crippen LogP contribution in [0.4, 0.5) is 0 Å². The third-order valence-electron chi connectivity index (χ3n) is 5.39. The van der Waals surface area contributed by atoms with Crippen molar-refractivity contribution in [1.29, 1.82) is 0 Å². The van der Waals surface area contributed by atoms with Crippen molar-refractivity contribution in [3.63, 3.8) is 0 Å². The van der Waals surface area contributed by atoms with E-state index in [-0.39, 0.29) is 5.91 Å². The Morgan fingerprint density at radius 3 is 2.42 bits per heavy atom. The van der Waals surface area contributed by atoms with E-state index in [2.05, 4.69) is 68.3 Å². The predicted octanol–water partition coefficient (Wildman–Crippen LogP) is 5.99. The number of hydrogen-bond donors (Lipinski definition) is 1. The van der Waals surface area contributed by atoms with E-state index in [1.165, 1.54) is 11.1 Å². The highest BCUT2D eigenvalue weighted by molar-refractivity contribution is 9.10. The van der Waals surface area contributed by atoms with Crippen molar-refractivity contribution in [2.75, 3.05) is 6.54 Å². The largest absolute Gasteiger partial charge is 0.352 e. The summed E-state index contributed by atoms with van der Waals surface area (Å²) in [6.07, 6.45) is 3.99. The first-order chi connectivity index (χ1) is 15.2. The fourth-order valence-corrected chi connectivity index (χ4v) is 4.01. The van der Waals surface area contributed by atoms with Crippen LogP contribution in [0.25, 0.3) is 11.0 Å². The molecule has 31 heavy (non-hydrogen) atoms. The molecule has 1 amide bonds. The van der Waals surface area contributed by atoms with Gasteiger partial charge in [0, 0.05) is 29.5 Å². The van der Waals surface area contributed by atoms with E-state index in [4.69, 9.17) is 4.98 Å². The standard InChI is InChI=1S/C26H26BrN3O/c27-22-16-14-20(15-17-22)19-30-24-12-7-6-11-23(24)29-25(30)13-5-2-8-18-28-26(31)21-9-3-1-4-10-21/h1,3-4,6-7,9-12,14-17H,2,5,8,13,18-19H2,(H,28,31). The molecular formula is C26H26BrN3O. The number of aryl methyl sites for hydroxylation is 1. The van der Waals surface area contributed by atoms with Crippen LogP contribution in [0.1, 0.15) is 41.0 Å². The number of fused-ring (bicyclic) bond motifs is 1. The molecular weight excluding hydrogens is 450 g/mol. The van der Waals surface area contributed by atoms with Crippen LogP contribution in [-0.4, -0.2) is 22.0 Å². The van der Waals surface area contributed by atoms with Crippen molar-refractivity contribution >= 4 is 32.9 Å². The van der Waals surface area contributed by atoms with Crippen molar-refractivity contribution in [2.45, 2.75) is 32.2 Å². The number of aromatic nitrogens is 2. The average molecular weight is 476 g/mol. The molecule has 0 spiro atoms. The second-order valence-electron chi connectivity index (χ2n) is 7.66. The Bertz CT molecular complexity index is 1140. The zero-order chi connectivity index (χ0) is 21.5. The van der Waals surface area contributed by atoms with E-state index in [0.29, 0.717) is 12.1 Å². The van der Waals surface area contributed by atoms with Crippen molar-refractivity contribution < 1.29 is 4.79 Å². The van der Waals surface area contributed by atoms with Gasteiger partial charge in [-0.2, -0.15) is 0 Å². The van der Waals surface area contributed by atoms with Crippen LogP contribution in [0.15, 0.2) is 83.3 Å². The number of nitrogens with one attached hydrogen (secondary N) is 1. The quantitative estimate of drug-likeness (QED) is 0.302. The summed E-state index contributed by atoms with van der Waals surface area (Å²) in [6, 6.07) is 26.2. The topological polar surface area (TPSA) is 46.9 Å². The van der Waals surface area contributed by atoms with Gasteiger partial charge in [0.25, 0.3) is 5.91 Å². The van der Waals surface area contributed by atoms with Crippen LogP contribution in [0, 0.1) is 0 Å². The van der Waals surface area contributed by atoms with Gasteiger partial charge in [-0.3, -0.25) is 4.79 Å². The van der Waals surface area contributed by atoms with Crippen molar-refractivity contribution in [3.8, 4) is 0 Å². The molecule has 0 aliphatic carbocycles. The van der Waals surface area contributed by atoms with Gasteiger partial charge in [0.15, 0.2) is 0 Å². The Morgan fingerprint density at radius 2 is 1.61 bits per heavy atom. The van der Waals surface area contributed by atoms with Crippen molar-refractivity contribution in [3.05, 3.63) is 100 Å². The molecule has 3 aromatic carbocycles. The molecule has 0 bridgehead atoms. The Labute approximate surface area is 191 Å². The summed E-state index contributed by atoms with van der Waals surface area (Å²) in [4.78, 5) is 17.0. The third-order valence-corrected chi connectivity index (χ3v) is 5.91. The van der Waals surface area contributed by atoms with E-state index >= 15 is 0 Å². The van der Waals surface area contributed by atoms with E-state index in [1.54, 1.807) is 0 Å². The minimum Gasteiger partial charge on any atom is -0.352 e. The number of halogens is 1. The van der Waals surface area contributed by atoms with Gasteiger partial charge < -0.3 is 9.88 Å². The van der Waals surface area contributed by atoms with Gasteiger partial charge >= 0.3 is 0 Å². The van der Waals surface area contributed by atoms with Gasteiger partial charge in [-0.05, 0) is 54.8 Å².